The van der Waals surface area contributed by atoms with E-state index in [1.165, 1.54) is 6.07 Å². The molecule has 0 aliphatic rings. The number of hydrogen-bond acceptors (Lipinski definition) is 3. The molecule has 3 aromatic rings. The summed E-state index contributed by atoms with van der Waals surface area (Å²) < 4.78 is 5.23. The average Bonchev–Trinajstić information content (AvgIpc) is 2.41. The lowest BCUT2D eigenvalue weighted by atomic mass is 10.1. The van der Waals surface area contributed by atoms with Gasteiger partial charge in [0.1, 0.15) is 16.9 Å². The molecule has 0 fully saturated rings. The van der Waals surface area contributed by atoms with Gasteiger partial charge in [-0.25, -0.2) is 4.79 Å². The topological polar surface area (TPSA) is 50.4 Å². The van der Waals surface area contributed by atoms with Gasteiger partial charge in [0.25, 0.3) is 0 Å². The summed E-state index contributed by atoms with van der Waals surface area (Å²) in [5.74, 6) is 0.267. The molecule has 0 bridgehead atoms. The molecule has 20 heavy (non-hydrogen) atoms. The van der Waals surface area contributed by atoms with E-state index in [1.54, 1.807) is 36.4 Å². The second kappa shape index (κ2) is 4.85. The lowest BCUT2D eigenvalue weighted by molar-refractivity contribution is 0.475. The minimum absolute atomic E-state index is 0.100. The van der Waals surface area contributed by atoms with Crippen molar-refractivity contribution in [2.45, 2.75) is 0 Å². The maximum atomic E-state index is 12.0. The van der Waals surface area contributed by atoms with Crippen LogP contribution in [0.4, 0.5) is 0 Å². The third-order valence-corrected chi connectivity index (χ3v) is 3.71. The van der Waals surface area contributed by atoms with Gasteiger partial charge in [0, 0.05) is 5.56 Å². The molecule has 0 saturated carbocycles. The molecule has 5 heteroatoms. The monoisotopic (exact) mass is 306 g/mol. The number of halogens is 2. The van der Waals surface area contributed by atoms with E-state index < -0.39 is 5.63 Å². The zero-order valence-electron chi connectivity index (χ0n) is 10.1. The summed E-state index contributed by atoms with van der Waals surface area (Å²) in [5, 5.41) is 11.3. The third kappa shape index (κ3) is 2.15. The quantitative estimate of drug-likeness (QED) is 0.721. The van der Waals surface area contributed by atoms with Crippen molar-refractivity contribution in [2.75, 3.05) is 0 Å². The highest BCUT2D eigenvalue weighted by Gasteiger charge is 2.10. The molecular formula is C15H8Cl2O3. The van der Waals surface area contributed by atoms with Crippen molar-refractivity contribution in [2.24, 2.45) is 0 Å². The first-order valence-corrected chi connectivity index (χ1v) is 6.53. The molecule has 100 valence electrons. The van der Waals surface area contributed by atoms with Gasteiger partial charge in [-0.05, 0) is 35.7 Å². The van der Waals surface area contributed by atoms with E-state index in [0.717, 1.165) is 0 Å². The summed E-state index contributed by atoms with van der Waals surface area (Å²) in [6.45, 7) is 0. The average molecular weight is 307 g/mol. The van der Waals surface area contributed by atoms with E-state index in [1.807, 2.05) is 0 Å². The zero-order valence-corrected chi connectivity index (χ0v) is 11.6. The van der Waals surface area contributed by atoms with Gasteiger partial charge in [0.2, 0.25) is 0 Å². The standard InChI is InChI=1S/C15H8Cl2O3/c16-10-5-4-8(6-11(10)17)13-7-9-2-1-3-12(18)14(9)15(19)20-13/h1-7,18H. The Morgan fingerprint density at radius 2 is 1.80 bits per heavy atom. The smallest absolute Gasteiger partial charge is 0.347 e. The summed E-state index contributed by atoms with van der Waals surface area (Å²) in [5.41, 5.74) is 0.0448. The molecule has 2 aromatic carbocycles. The molecule has 0 unspecified atom stereocenters. The van der Waals surface area contributed by atoms with E-state index >= 15 is 0 Å². The zero-order chi connectivity index (χ0) is 14.3. The maximum absolute atomic E-state index is 12.0. The molecule has 0 saturated heterocycles. The highest BCUT2D eigenvalue weighted by Crippen LogP contribution is 2.30. The van der Waals surface area contributed by atoms with Crippen LogP contribution in [0.2, 0.25) is 10.0 Å². The molecule has 1 heterocycles. The molecular weight excluding hydrogens is 299 g/mol. The Balaban J connectivity index is 2.27. The molecule has 3 nitrogen and oxygen atoms in total. The van der Waals surface area contributed by atoms with Crippen LogP contribution in [-0.4, -0.2) is 5.11 Å². The van der Waals surface area contributed by atoms with Crippen LogP contribution in [-0.2, 0) is 0 Å². The number of fused-ring (bicyclic) bond motifs is 1. The fourth-order valence-corrected chi connectivity index (χ4v) is 2.31. The minimum Gasteiger partial charge on any atom is -0.507 e. The second-order valence-corrected chi connectivity index (χ2v) is 5.08. The largest absolute Gasteiger partial charge is 0.507 e. The van der Waals surface area contributed by atoms with Crippen molar-refractivity contribution < 1.29 is 9.52 Å². The van der Waals surface area contributed by atoms with E-state index in [0.29, 0.717) is 26.8 Å². The van der Waals surface area contributed by atoms with Crippen LogP contribution in [0.5, 0.6) is 5.75 Å². The molecule has 0 radical (unpaired) electrons. The molecule has 3 rings (SSSR count). The lowest BCUT2D eigenvalue weighted by Crippen LogP contribution is -2.00. The van der Waals surface area contributed by atoms with Gasteiger partial charge in [0.15, 0.2) is 0 Å². The van der Waals surface area contributed by atoms with Gasteiger partial charge in [-0.1, -0.05) is 35.3 Å². The number of phenols is 1. The molecule has 0 aliphatic carbocycles. The summed E-state index contributed by atoms with van der Waals surface area (Å²) in [4.78, 5) is 12.0. The normalized spacial score (nSPS) is 10.9. The number of benzene rings is 2. The van der Waals surface area contributed by atoms with Gasteiger partial charge in [0.05, 0.1) is 10.0 Å². The van der Waals surface area contributed by atoms with Crippen molar-refractivity contribution in [3.63, 3.8) is 0 Å². The Morgan fingerprint density at radius 1 is 1.00 bits per heavy atom. The van der Waals surface area contributed by atoms with Gasteiger partial charge in [-0.3, -0.25) is 0 Å². The Hall–Kier alpha value is -1.97. The van der Waals surface area contributed by atoms with Crippen LogP contribution < -0.4 is 5.63 Å². The summed E-state index contributed by atoms with van der Waals surface area (Å²) in [7, 11) is 0. The fraction of sp³-hybridized carbons (Fsp3) is 0. The van der Waals surface area contributed by atoms with Crippen molar-refractivity contribution in [1.29, 1.82) is 0 Å². The number of hydrogen-bond donors (Lipinski definition) is 1. The molecule has 1 N–H and O–H groups in total. The maximum Gasteiger partial charge on any atom is 0.347 e. The third-order valence-electron chi connectivity index (χ3n) is 2.97. The Labute approximate surface area is 124 Å². The van der Waals surface area contributed by atoms with Crippen molar-refractivity contribution in [1.82, 2.24) is 0 Å². The van der Waals surface area contributed by atoms with Crippen LogP contribution in [0.25, 0.3) is 22.1 Å². The Bertz CT molecular complexity index is 869. The van der Waals surface area contributed by atoms with E-state index in [-0.39, 0.29) is 11.1 Å². The number of phenolic OH excluding ortho intramolecular Hbond substituents is 1. The van der Waals surface area contributed by atoms with Crippen LogP contribution in [0, 0.1) is 0 Å². The second-order valence-electron chi connectivity index (χ2n) is 4.27. The summed E-state index contributed by atoms with van der Waals surface area (Å²) in [6, 6.07) is 11.5. The van der Waals surface area contributed by atoms with Crippen LogP contribution in [0.15, 0.2) is 51.7 Å². The van der Waals surface area contributed by atoms with Crippen LogP contribution >= 0.6 is 23.2 Å². The first-order valence-electron chi connectivity index (χ1n) is 5.77. The van der Waals surface area contributed by atoms with Gasteiger partial charge < -0.3 is 9.52 Å². The van der Waals surface area contributed by atoms with E-state index in [2.05, 4.69) is 0 Å². The van der Waals surface area contributed by atoms with Crippen LogP contribution in [0.3, 0.4) is 0 Å². The molecule has 0 aliphatic heterocycles. The fourth-order valence-electron chi connectivity index (χ4n) is 2.01. The lowest BCUT2D eigenvalue weighted by Gasteiger charge is -2.05. The van der Waals surface area contributed by atoms with Gasteiger partial charge in [-0.2, -0.15) is 0 Å². The van der Waals surface area contributed by atoms with E-state index in [9.17, 15) is 9.90 Å². The SMILES string of the molecule is O=c1oc(-c2ccc(Cl)c(Cl)c2)cc2cccc(O)c12. The van der Waals surface area contributed by atoms with Gasteiger partial charge in [-0.15, -0.1) is 0 Å². The number of rotatable bonds is 1. The molecule has 0 spiro atoms. The van der Waals surface area contributed by atoms with Crippen molar-refractivity contribution in [3.05, 3.63) is 62.9 Å². The predicted octanol–water partition coefficient (Wildman–Crippen LogP) is 4.47. The first-order chi connectivity index (χ1) is 9.56. The Morgan fingerprint density at radius 3 is 2.55 bits per heavy atom. The highest BCUT2D eigenvalue weighted by atomic mass is 35.5. The van der Waals surface area contributed by atoms with Gasteiger partial charge >= 0.3 is 5.63 Å². The summed E-state index contributed by atoms with van der Waals surface area (Å²) >= 11 is 11.8. The molecule has 0 amide bonds. The van der Waals surface area contributed by atoms with E-state index in [4.69, 9.17) is 27.6 Å². The summed E-state index contributed by atoms with van der Waals surface area (Å²) in [6.07, 6.45) is 0. The van der Waals surface area contributed by atoms with Crippen LogP contribution in [0.1, 0.15) is 0 Å². The van der Waals surface area contributed by atoms with Crippen molar-refractivity contribution >= 4 is 34.0 Å². The molecule has 0 atom stereocenters. The Kier molecular flexibility index (Phi) is 3.16. The number of aromatic hydroxyl groups is 1. The first kappa shape index (κ1) is 13.0. The molecule has 1 aromatic heterocycles. The predicted molar refractivity (Wildman–Crippen MR) is 79.6 cm³/mol. The minimum atomic E-state index is -0.596. The highest BCUT2D eigenvalue weighted by molar-refractivity contribution is 6.42. The van der Waals surface area contributed by atoms with Crippen molar-refractivity contribution in [3.8, 4) is 17.1 Å².